The van der Waals surface area contributed by atoms with Crippen molar-refractivity contribution in [2.75, 3.05) is 5.32 Å². The van der Waals surface area contributed by atoms with Crippen molar-refractivity contribution < 1.29 is 23.6 Å². The SMILES string of the molecule is C[C@@H](OC(=O)c1ccc([N+](=O)[O-])s1)C(=O)Nc1ccccc1F. The Morgan fingerprint density at radius 1 is 1.30 bits per heavy atom. The van der Waals surface area contributed by atoms with Crippen molar-refractivity contribution in [2.24, 2.45) is 0 Å². The fraction of sp³-hybridized carbons (Fsp3) is 0.143. The topological polar surface area (TPSA) is 98.5 Å². The van der Waals surface area contributed by atoms with Gasteiger partial charge in [0.05, 0.1) is 10.6 Å². The summed E-state index contributed by atoms with van der Waals surface area (Å²) >= 11 is 0.644. The van der Waals surface area contributed by atoms with Crippen LogP contribution in [0.1, 0.15) is 16.6 Å². The number of thiophene rings is 1. The number of benzene rings is 1. The molecule has 2 aromatic rings. The van der Waals surface area contributed by atoms with Gasteiger partial charge in [0.15, 0.2) is 6.10 Å². The predicted octanol–water partition coefficient (Wildman–Crippen LogP) is 2.98. The highest BCUT2D eigenvalue weighted by molar-refractivity contribution is 7.17. The Balaban J connectivity index is 1.98. The minimum atomic E-state index is -1.19. The average Bonchev–Trinajstić information content (AvgIpc) is 2.99. The van der Waals surface area contributed by atoms with Gasteiger partial charge in [0, 0.05) is 6.07 Å². The monoisotopic (exact) mass is 338 g/mol. The van der Waals surface area contributed by atoms with Crippen molar-refractivity contribution in [1.29, 1.82) is 0 Å². The van der Waals surface area contributed by atoms with Crippen molar-refractivity contribution >= 4 is 33.9 Å². The second kappa shape index (κ2) is 6.97. The molecule has 1 N–H and O–H groups in total. The van der Waals surface area contributed by atoms with E-state index in [1.165, 1.54) is 37.3 Å². The predicted molar refractivity (Wildman–Crippen MR) is 80.9 cm³/mol. The van der Waals surface area contributed by atoms with Crippen molar-refractivity contribution in [2.45, 2.75) is 13.0 Å². The second-order valence-electron chi connectivity index (χ2n) is 4.41. The smallest absolute Gasteiger partial charge is 0.349 e. The lowest BCUT2D eigenvalue weighted by Gasteiger charge is -2.13. The van der Waals surface area contributed by atoms with Gasteiger partial charge in [-0.05, 0) is 25.1 Å². The summed E-state index contributed by atoms with van der Waals surface area (Å²) in [4.78, 5) is 33.7. The molecule has 120 valence electrons. The molecule has 1 aromatic heterocycles. The van der Waals surface area contributed by atoms with Gasteiger partial charge in [-0.25, -0.2) is 9.18 Å². The number of hydrogen-bond acceptors (Lipinski definition) is 6. The van der Waals surface area contributed by atoms with Gasteiger partial charge in [-0.3, -0.25) is 14.9 Å². The lowest BCUT2D eigenvalue weighted by molar-refractivity contribution is -0.380. The molecule has 2 rings (SSSR count). The van der Waals surface area contributed by atoms with E-state index < -0.39 is 28.7 Å². The van der Waals surface area contributed by atoms with E-state index in [9.17, 15) is 24.1 Å². The summed E-state index contributed by atoms with van der Waals surface area (Å²) in [5, 5.41) is 12.7. The fourth-order valence-corrected chi connectivity index (χ4v) is 2.31. The third-order valence-electron chi connectivity index (χ3n) is 2.76. The lowest BCUT2D eigenvalue weighted by atomic mass is 10.3. The first-order chi connectivity index (χ1) is 10.9. The van der Waals surface area contributed by atoms with Crippen LogP contribution in [0.3, 0.4) is 0 Å². The van der Waals surface area contributed by atoms with Gasteiger partial charge < -0.3 is 10.1 Å². The van der Waals surface area contributed by atoms with Gasteiger partial charge in [0.2, 0.25) is 0 Å². The molecule has 0 unspecified atom stereocenters. The first kappa shape index (κ1) is 16.6. The molecule has 0 aliphatic carbocycles. The Bertz CT molecular complexity index is 761. The van der Waals surface area contributed by atoms with E-state index in [-0.39, 0.29) is 15.6 Å². The summed E-state index contributed by atoms with van der Waals surface area (Å²) in [6.45, 7) is 1.32. The molecule has 7 nitrogen and oxygen atoms in total. The molecule has 1 heterocycles. The third kappa shape index (κ3) is 4.10. The van der Waals surface area contributed by atoms with Crippen LogP contribution in [0.2, 0.25) is 0 Å². The van der Waals surface area contributed by atoms with E-state index in [2.05, 4.69) is 5.32 Å². The molecule has 0 saturated heterocycles. The highest BCUT2D eigenvalue weighted by Gasteiger charge is 2.22. The summed E-state index contributed by atoms with van der Waals surface area (Å²) in [6.07, 6.45) is -1.19. The largest absolute Gasteiger partial charge is 0.448 e. The number of carbonyl (C=O) groups is 2. The number of para-hydroxylation sites is 1. The molecule has 1 amide bonds. The molecule has 0 bridgehead atoms. The van der Waals surface area contributed by atoms with Gasteiger partial charge in [0.25, 0.3) is 5.91 Å². The molecular weight excluding hydrogens is 327 g/mol. The Morgan fingerprint density at radius 3 is 2.61 bits per heavy atom. The molecule has 9 heteroatoms. The number of anilines is 1. The summed E-state index contributed by atoms with van der Waals surface area (Å²) in [5.41, 5.74) is -0.0350. The summed E-state index contributed by atoms with van der Waals surface area (Å²) in [7, 11) is 0. The van der Waals surface area contributed by atoms with E-state index in [1.54, 1.807) is 6.07 Å². The number of nitrogens with one attached hydrogen (secondary N) is 1. The number of nitro groups is 1. The van der Waals surface area contributed by atoms with Crippen LogP contribution in [0.4, 0.5) is 15.1 Å². The van der Waals surface area contributed by atoms with Crippen molar-refractivity contribution in [3.05, 3.63) is 57.2 Å². The van der Waals surface area contributed by atoms with Crippen LogP contribution in [0, 0.1) is 15.9 Å². The second-order valence-corrected chi connectivity index (χ2v) is 5.47. The summed E-state index contributed by atoms with van der Waals surface area (Å²) in [6, 6.07) is 7.97. The number of carbonyl (C=O) groups excluding carboxylic acids is 2. The zero-order valence-corrected chi connectivity index (χ0v) is 12.6. The van der Waals surface area contributed by atoms with Crippen molar-refractivity contribution in [3.8, 4) is 0 Å². The van der Waals surface area contributed by atoms with E-state index in [1.807, 2.05) is 0 Å². The van der Waals surface area contributed by atoms with Gasteiger partial charge >= 0.3 is 11.0 Å². The van der Waals surface area contributed by atoms with E-state index in [0.29, 0.717) is 11.3 Å². The maximum atomic E-state index is 13.4. The minimum Gasteiger partial charge on any atom is -0.448 e. The summed E-state index contributed by atoms with van der Waals surface area (Å²) < 4.78 is 18.4. The third-order valence-corrected chi connectivity index (χ3v) is 3.77. The molecule has 23 heavy (non-hydrogen) atoms. The van der Waals surface area contributed by atoms with Crippen LogP contribution in [-0.4, -0.2) is 22.9 Å². The zero-order valence-electron chi connectivity index (χ0n) is 11.8. The molecule has 0 fully saturated rings. The van der Waals surface area contributed by atoms with Gasteiger partial charge in [-0.2, -0.15) is 0 Å². The van der Waals surface area contributed by atoms with E-state index in [4.69, 9.17) is 4.74 Å². The zero-order chi connectivity index (χ0) is 17.0. The number of nitrogens with zero attached hydrogens (tertiary/aromatic N) is 1. The maximum Gasteiger partial charge on any atom is 0.349 e. The molecule has 1 aromatic carbocycles. The first-order valence-corrected chi connectivity index (χ1v) is 7.20. The standard InChI is InChI=1S/C14H11FN2O5S/c1-8(13(18)16-10-5-3-2-4-9(10)15)22-14(19)11-6-7-12(23-11)17(20)21/h2-8H,1H3,(H,16,18)/t8-/m1/s1. The van der Waals surface area contributed by atoms with Crippen LogP contribution in [0.5, 0.6) is 0 Å². The number of halogens is 1. The summed E-state index contributed by atoms with van der Waals surface area (Å²) in [5.74, 6) is -2.19. The normalized spacial score (nSPS) is 11.6. The average molecular weight is 338 g/mol. The fourth-order valence-electron chi connectivity index (χ4n) is 1.60. The molecule has 0 radical (unpaired) electrons. The lowest BCUT2D eigenvalue weighted by Crippen LogP contribution is -2.30. The molecular formula is C14H11FN2O5S. The molecule has 1 atom stereocenters. The molecule has 0 aliphatic rings. The maximum absolute atomic E-state index is 13.4. The number of esters is 1. The van der Waals surface area contributed by atoms with Crippen LogP contribution in [0.15, 0.2) is 36.4 Å². The Hall–Kier alpha value is -2.81. The number of rotatable bonds is 5. The number of amides is 1. The van der Waals surface area contributed by atoms with Crippen LogP contribution in [0.25, 0.3) is 0 Å². The van der Waals surface area contributed by atoms with Crippen LogP contribution < -0.4 is 5.32 Å². The highest BCUT2D eigenvalue weighted by Crippen LogP contribution is 2.24. The Morgan fingerprint density at radius 2 is 2.00 bits per heavy atom. The quantitative estimate of drug-likeness (QED) is 0.513. The van der Waals surface area contributed by atoms with Gasteiger partial charge in [0.1, 0.15) is 10.7 Å². The minimum absolute atomic E-state index is 0.00208. The Labute approximate surface area is 133 Å². The van der Waals surface area contributed by atoms with Gasteiger partial charge in [-0.15, -0.1) is 0 Å². The van der Waals surface area contributed by atoms with E-state index >= 15 is 0 Å². The number of ether oxygens (including phenoxy) is 1. The van der Waals surface area contributed by atoms with Crippen molar-refractivity contribution in [3.63, 3.8) is 0 Å². The molecule has 0 aliphatic heterocycles. The van der Waals surface area contributed by atoms with Gasteiger partial charge in [-0.1, -0.05) is 23.5 Å². The van der Waals surface area contributed by atoms with Crippen LogP contribution >= 0.6 is 11.3 Å². The Kier molecular flexibility index (Phi) is 5.02. The molecule has 0 spiro atoms. The van der Waals surface area contributed by atoms with Crippen molar-refractivity contribution in [1.82, 2.24) is 0 Å². The van der Waals surface area contributed by atoms with Crippen LogP contribution in [-0.2, 0) is 9.53 Å². The highest BCUT2D eigenvalue weighted by atomic mass is 32.1. The van der Waals surface area contributed by atoms with E-state index in [0.717, 1.165) is 0 Å². The number of hydrogen-bond donors (Lipinski definition) is 1. The first-order valence-electron chi connectivity index (χ1n) is 6.39. The molecule has 0 saturated carbocycles.